The third-order valence-electron chi connectivity index (χ3n) is 5.16. The number of amides is 2. The van der Waals surface area contributed by atoms with E-state index in [1.807, 2.05) is 30.3 Å². The van der Waals surface area contributed by atoms with E-state index in [1.165, 1.54) is 24.8 Å². The molecule has 7 nitrogen and oxygen atoms in total. The predicted molar refractivity (Wildman–Crippen MR) is 116 cm³/mol. The minimum atomic E-state index is -0.386. The highest BCUT2D eigenvalue weighted by Gasteiger charge is 2.24. The molecule has 2 amide bonds. The molecule has 0 radical (unpaired) electrons. The maximum atomic E-state index is 14.4. The Labute approximate surface area is 183 Å². The van der Waals surface area contributed by atoms with Crippen molar-refractivity contribution in [3.63, 3.8) is 0 Å². The van der Waals surface area contributed by atoms with Crippen molar-refractivity contribution in [1.29, 1.82) is 0 Å². The van der Waals surface area contributed by atoms with E-state index in [1.54, 1.807) is 32.6 Å². The minimum absolute atomic E-state index is 0.0248. The largest absolute Gasteiger partial charge is 0.339 e. The molecule has 0 saturated carbocycles. The van der Waals surface area contributed by atoms with Crippen LogP contribution in [0.25, 0.3) is 17.1 Å². The molecule has 1 fully saturated rings. The van der Waals surface area contributed by atoms with Gasteiger partial charge in [0.2, 0.25) is 11.8 Å². The van der Waals surface area contributed by atoms with Gasteiger partial charge in [-0.3, -0.25) is 14.2 Å². The van der Waals surface area contributed by atoms with E-state index in [-0.39, 0.29) is 23.4 Å². The number of rotatable bonds is 5. The fraction of sp³-hybridized carbons (Fsp3) is 0.273. The normalized spacial score (nSPS) is 14.0. The van der Waals surface area contributed by atoms with Crippen LogP contribution >= 0.6 is 11.8 Å². The molecule has 160 valence electrons. The van der Waals surface area contributed by atoms with Crippen LogP contribution in [0, 0.1) is 5.82 Å². The second kappa shape index (κ2) is 9.30. The predicted octanol–water partition coefficient (Wildman–Crippen LogP) is 2.86. The number of carbonyl (C=O) groups excluding carboxylic acids is 2. The molecule has 0 aliphatic carbocycles. The van der Waals surface area contributed by atoms with E-state index in [0.717, 1.165) is 5.69 Å². The SMILES string of the molecule is CC(=O)N1CCN(C(=O)CSc2nnc(-c3ccccc3F)n2-c2ccccc2)CC1. The highest BCUT2D eigenvalue weighted by molar-refractivity contribution is 7.99. The molecule has 2 aromatic carbocycles. The van der Waals surface area contributed by atoms with E-state index in [9.17, 15) is 14.0 Å². The number of benzene rings is 2. The third kappa shape index (κ3) is 4.61. The molecule has 1 aromatic heterocycles. The number of thioether (sulfide) groups is 1. The van der Waals surface area contributed by atoms with Gasteiger partial charge in [-0.15, -0.1) is 10.2 Å². The smallest absolute Gasteiger partial charge is 0.233 e. The minimum Gasteiger partial charge on any atom is -0.339 e. The standard InChI is InChI=1S/C22H22FN5O2S/c1-16(29)26-11-13-27(14-12-26)20(30)15-31-22-25-24-21(18-9-5-6-10-19(18)23)28(22)17-7-3-2-4-8-17/h2-10H,11-15H2,1H3. The molecule has 2 heterocycles. The lowest BCUT2D eigenvalue weighted by molar-refractivity contribution is -0.136. The van der Waals surface area contributed by atoms with Crippen LogP contribution in [0.2, 0.25) is 0 Å². The molecule has 3 aromatic rings. The Hall–Kier alpha value is -3.20. The van der Waals surface area contributed by atoms with Crippen molar-refractivity contribution in [1.82, 2.24) is 24.6 Å². The van der Waals surface area contributed by atoms with E-state index >= 15 is 0 Å². The zero-order chi connectivity index (χ0) is 21.8. The molecule has 9 heteroatoms. The molecule has 31 heavy (non-hydrogen) atoms. The molecule has 0 spiro atoms. The summed E-state index contributed by atoms with van der Waals surface area (Å²) in [6.07, 6.45) is 0. The average Bonchev–Trinajstić information content (AvgIpc) is 3.22. The molecular formula is C22H22FN5O2S. The molecule has 0 atom stereocenters. The van der Waals surface area contributed by atoms with Crippen molar-refractivity contribution in [2.75, 3.05) is 31.9 Å². The Bertz CT molecular complexity index is 1080. The first kappa shape index (κ1) is 21.0. The summed E-state index contributed by atoms with van der Waals surface area (Å²) in [4.78, 5) is 27.7. The second-order valence-corrected chi connectivity index (χ2v) is 8.08. The number of hydrogen-bond donors (Lipinski definition) is 0. The third-order valence-corrected chi connectivity index (χ3v) is 6.08. The first-order valence-corrected chi connectivity index (χ1v) is 10.9. The summed E-state index contributed by atoms with van der Waals surface area (Å²) in [5.74, 6) is 0.182. The Morgan fingerprint density at radius 3 is 2.26 bits per heavy atom. The first-order valence-electron chi connectivity index (χ1n) is 9.96. The first-order chi connectivity index (χ1) is 15.0. The van der Waals surface area contributed by atoms with Crippen molar-refractivity contribution in [3.05, 3.63) is 60.4 Å². The lowest BCUT2D eigenvalue weighted by atomic mass is 10.2. The molecule has 1 saturated heterocycles. The van der Waals surface area contributed by atoms with Gasteiger partial charge in [-0.2, -0.15) is 0 Å². The number of hydrogen-bond acceptors (Lipinski definition) is 5. The molecule has 0 unspecified atom stereocenters. The van der Waals surface area contributed by atoms with Crippen LogP contribution in [0.5, 0.6) is 0 Å². The van der Waals surface area contributed by atoms with Gasteiger partial charge in [0.1, 0.15) is 5.82 Å². The van der Waals surface area contributed by atoms with Gasteiger partial charge in [-0.05, 0) is 24.3 Å². The fourth-order valence-electron chi connectivity index (χ4n) is 3.48. The lowest BCUT2D eigenvalue weighted by Gasteiger charge is -2.34. The van der Waals surface area contributed by atoms with Gasteiger partial charge >= 0.3 is 0 Å². The number of nitrogens with zero attached hydrogens (tertiary/aromatic N) is 5. The van der Waals surface area contributed by atoms with Gasteiger partial charge in [0.15, 0.2) is 11.0 Å². The number of piperazine rings is 1. The maximum Gasteiger partial charge on any atom is 0.233 e. The number of aromatic nitrogens is 3. The van der Waals surface area contributed by atoms with Gasteiger partial charge < -0.3 is 9.80 Å². The van der Waals surface area contributed by atoms with Crippen LogP contribution in [0.15, 0.2) is 59.8 Å². The fourth-order valence-corrected chi connectivity index (χ4v) is 4.33. The topological polar surface area (TPSA) is 71.3 Å². The molecule has 0 bridgehead atoms. The molecule has 1 aliphatic rings. The summed E-state index contributed by atoms with van der Waals surface area (Å²) < 4.78 is 16.2. The van der Waals surface area contributed by atoms with E-state index in [4.69, 9.17) is 0 Å². The van der Waals surface area contributed by atoms with Crippen LogP contribution in [-0.2, 0) is 9.59 Å². The maximum absolute atomic E-state index is 14.4. The second-order valence-electron chi connectivity index (χ2n) is 7.13. The summed E-state index contributed by atoms with van der Waals surface area (Å²) in [6, 6.07) is 15.9. The van der Waals surface area contributed by atoms with Crippen molar-refractivity contribution in [2.45, 2.75) is 12.1 Å². The molecule has 0 N–H and O–H groups in total. The summed E-state index contributed by atoms with van der Waals surface area (Å²) >= 11 is 1.27. The summed E-state index contributed by atoms with van der Waals surface area (Å²) in [5.41, 5.74) is 1.13. The molecule has 4 rings (SSSR count). The Balaban J connectivity index is 1.55. The van der Waals surface area contributed by atoms with Crippen molar-refractivity contribution >= 4 is 23.6 Å². The summed E-state index contributed by atoms with van der Waals surface area (Å²) in [6.45, 7) is 3.67. The van der Waals surface area contributed by atoms with Crippen LogP contribution in [0.1, 0.15) is 6.92 Å². The van der Waals surface area contributed by atoms with Crippen LogP contribution in [0.3, 0.4) is 0 Å². The van der Waals surface area contributed by atoms with Crippen molar-refractivity contribution < 1.29 is 14.0 Å². The lowest BCUT2D eigenvalue weighted by Crippen LogP contribution is -2.50. The van der Waals surface area contributed by atoms with Crippen molar-refractivity contribution in [2.24, 2.45) is 0 Å². The van der Waals surface area contributed by atoms with Crippen LogP contribution in [0.4, 0.5) is 4.39 Å². The monoisotopic (exact) mass is 439 g/mol. The molecular weight excluding hydrogens is 417 g/mol. The zero-order valence-corrected chi connectivity index (χ0v) is 17.9. The number of halogens is 1. The van der Waals surface area contributed by atoms with Gasteiger partial charge in [0.25, 0.3) is 0 Å². The van der Waals surface area contributed by atoms with Gasteiger partial charge in [0.05, 0.1) is 11.3 Å². The van der Waals surface area contributed by atoms with E-state index in [2.05, 4.69) is 10.2 Å². The summed E-state index contributed by atoms with van der Waals surface area (Å²) in [5, 5.41) is 8.99. The Kier molecular flexibility index (Phi) is 6.31. The van der Waals surface area contributed by atoms with Gasteiger partial charge in [0, 0.05) is 38.8 Å². The van der Waals surface area contributed by atoms with Crippen LogP contribution in [-0.4, -0.2) is 68.3 Å². The van der Waals surface area contributed by atoms with E-state index in [0.29, 0.717) is 42.7 Å². The number of carbonyl (C=O) groups is 2. The zero-order valence-electron chi connectivity index (χ0n) is 17.1. The van der Waals surface area contributed by atoms with Crippen molar-refractivity contribution in [3.8, 4) is 17.1 Å². The van der Waals surface area contributed by atoms with Crippen LogP contribution < -0.4 is 0 Å². The number of para-hydroxylation sites is 1. The van der Waals surface area contributed by atoms with E-state index < -0.39 is 0 Å². The van der Waals surface area contributed by atoms with Gasteiger partial charge in [-0.1, -0.05) is 42.1 Å². The average molecular weight is 440 g/mol. The quantitative estimate of drug-likeness (QED) is 0.572. The Morgan fingerprint density at radius 2 is 1.58 bits per heavy atom. The highest BCUT2D eigenvalue weighted by atomic mass is 32.2. The van der Waals surface area contributed by atoms with Gasteiger partial charge in [-0.25, -0.2) is 4.39 Å². The summed E-state index contributed by atoms with van der Waals surface area (Å²) in [7, 11) is 0. The Morgan fingerprint density at radius 1 is 0.935 bits per heavy atom. The molecule has 1 aliphatic heterocycles. The highest BCUT2D eigenvalue weighted by Crippen LogP contribution is 2.29.